The molecule has 3 amide bonds. The van der Waals surface area contributed by atoms with Crippen LogP contribution in [-0.2, 0) is 32.0 Å². The molecule has 16 heteroatoms. The second-order valence-electron chi connectivity index (χ2n) is 9.31. The van der Waals surface area contributed by atoms with E-state index in [1.807, 2.05) is 0 Å². The molecule has 2 rings (SSSR count). The second kappa shape index (κ2) is 15.1. The van der Waals surface area contributed by atoms with Crippen LogP contribution in [0.3, 0.4) is 0 Å². The zero-order valence-corrected chi connectivity index (χ0v) is 21.9. The first kappa shape index (κ1) is 30.8. The number of carbonyl (C=O) groups excluding carboxylic acids is 3. The van der Waals surface area contributed by atoms with Crippen LogP contribution < -0.4 is 33.2 Å². The third kappa shape index (κ3) is 10.4. The minimum atomic E-state index is -1.25. The maximum atomic E-state index is 13.3. The molecule has 0 saturated carbocycles. The number of guanidine groups is 1. The lowest BCUT2D eigenvalue weighted by molar-refractivity contribution is -0.142. The Morgan fingerprint density at radius 2 is 1.51 bits per heavy atom. The summed E-state index contributed by atoms with van der Waals surface area (Å²) < 4.78 is 0. The van der Waals surface area contributed by atoms with Crippen LogP contribution in [-0.4, -0.2) is 85.4 Å². The molecule has 0 saturated heterocycles. The molecule has 0 spiro atoms. The van der Waals surface area contributed by atoms with Crippen LogP contribution in [0, 0.1) is 5.92 Å². The van der Waals surface area contributed by atoms with Crippen LogP contribution in [0.1, 0.15) is 38.1 Å². The zero-order chi connectivity index (χ0) is 28.9. The van der Waals surface area contributed by atoms with Gasteiger partial charge in [0.2, 0.25) is 17.7 Å². The molecule has 2 heterocycles. The maximum Gasteiger partial charge on any atom is 0.326 e. The monoisotopic (exact) mass is 547 g/mol. The summed E-state index contributed by atoms with van der Waals surface area (Å²) in [5, 5.41) is 17.3. The van der Waals surface area contributed by atoms with Gasteiger partial charge >= 0.3 is 5.97 Å². The molecule has 0 aliphatic carbocycles. The highest BCUT2D eigenvalue weighted by Crippen LogP contribution is 2.08. The maximum absolute atomic E-state index is 13.3. The Balaban J connectivity index is 2.11. The first-order valence-electron chi connectivity index (χ1n) is 12.4. The highest BCUT2D eigenvalue weighted by Gasteiger charge is 2.32. The lowest BCUT2D eigenvalue weighted by Gasteiger charge is -2.27. The first-order valence-corrected chi connectivity index (χ1v) is 12.4. The summed E-state index contributed by atoms with van der Waals surface area (Å²) in [5.41, 5.74) is 17.7. The molecule has 12 N–H and O–H groups in total. The fraction of sp³-hybridized carbons (Fsp3) is 0.522. The van der Waals surface area contributed by atoms with Crippen molar-refractivity contribution < 1.29 is 24.3 Å². The van der Waals surface area contributed by atoms with Crippen molar-refractivity contribution in [3.05, 3.63) is 36.4 Å². The third-order valence-corrected chi connectivity index (χ3v) is 5.75. The number of amides is 3. The van der Waals surface area contributed by atoms with Gasteiger partial charge in [-0.1, -0.05) is 13.8 Å². The number of H-pyrrole nitrogens is 2. The number of aromatic amines is 2. The molecule has 39 heavy (non-hydrogen) atoms. The van der Waals surface area contributed by atoms with Gasteiger partial charge in [0.1, 0.15) is 18.1 Å². The summed E-state index contributed by atoms with van der Waals surface area (Å²) in [6, 6.07) is -4.38. The van der Waals surface area contributed by atoms with Crippen molar-refractivity contribution in [3.8, 4) is 0 Å². The highest BCUT2D eigenvalue weighted by molar-refractivity contribution is 5.94. The lowest BCUT2D eigenvalue weighted by Crippen LogP contribution is -2.59. The molecule has 0 aromatic carbocycles. The number of aliphatic imine (C=N–C) groups is 1. The lowest BCUT2D eigenvalue weighted by atomic mass is 10.0. The fourth-order valence-corrected chi connectivity index (χ4v) is 3.64. The number of carboxylic acids is 1. The Bertz CT molecular complexity index is 1100. The van der Waals surface area contributed by atoms with E-state index in [2.05, 4.69) is 40.9 Å². The van der Waals surface area contributed by atoms with E-state index in [1.165, 1.54) is 18.9 Å². The van der Waals surface area contributed by atoms with Crippen LogP contribution in [0.5, 0.6) is 0 Å². The minimum absolute atomic E-state index is 0.00396. The summed E-state index contributed by atoms with van der Waals surface area (Å²) in [7, 11) is 0. The Morgan fingerprint density at radius 3 is 2.03 bits per heavy atom. The summed E-state index contributed by atoms with van der Waals surface area (Å²) in [6.07, 6.45) is 6.44. The van der Waals surface area contributed by atoms with E-state index >= 15 is 0 Å². The topological polar surface area (TPSA) is 272 Å². The summed E-state index contributed by atoms with van der Waals surface area (Å²) >= 11 is 0. The molecule has 4 atom stereocenters. The van der Waals surface area contributed by atoms with E-state index in [1.54, 1.807) is 20.0 Å². The molecule has 0 aliphatic rings. The number of hydrogen-bond donors (Lipinski definition) is 9. The number of nitrogens with two attached hydrogens (primary N) is 3. The molecular formula is C23H37N11O5. The van der Waals surface area contributed by atoms with Crippen LogP contribution in [0.4, 0.5) is 0 Å². The third-order valence-electron chi connectivity index (χ3n) is 5.75. The molecule has 214 valence electrons. The van der Waals surface area contributed by atoms with Gasteiger partial charge in [0.15, 0.2) is 5.96 Å². The number of rotatable bonds is 16. The van der Waals surface area contributed by atoms with Crippen molar-refractivity contribution in [3.63, 3.8) is 0 Å². The van der Waals surface area contributed by atoms with E-state index in [-0.39, 0.29) is 37.7 Å². The van der Waals surface area contributed by atoms with Crippen molar-refractivity contribution in [2.24, 2.45) is 28.1 Å². The summed E-state index contributed by atoms with van der Waals surface area (Å²) in [4.78, 5) is 68.2. The fourth-order valence-electron chi connectivity index (χ4n) is 3.64. The molecule has 16 nitrogen and oxygen atoms in total. The molecular weight excluding hydrogens is 510 g/mol. The SMILES string of the molecule is CC(C)C(NC(=O)C(N)Cc1cnc[nH]1)C(=O)NC(Cc1cnc[nH]1)C(=O)NC(CCCN=C(N)N)C(=O)O. The minimum Gasteiger partial charge on any atom is -0.480 e. The van der Waals surface area contributed by atoms with Crippen molar-refractivity contribution in [1.29, 1.82) is 0 Å². The predicted molar refractivity (Wildman–Crippen MR) is 141 cm³/mol. The van der Waals surface area contributed by atoms with Crippen molar-refractivity contribution in [1.82, 2.24) is 35.9 Å². The summed E-state index contributed by atoms with van der Waals surface area (Å²) in [6.45, 7) is 3.65. The highest BCUT2D eigenvalue weighted by atomic mass is 16.4. The van der Waals surface area contributed by atoms with Gasteiger partial charge in [-0.25, -0.2) is 14.8 Å². The van der Waals surface area contributed by atoms with Crippen molar-refractivity contribution in [2.45, 2.75) is 63.7 Å². The normalized spacial score (nSPS) is 14.1. The van der Waals surface area contributed by atoms with Gasteiger partial charge < -0.3 is 48.2 Å². The van der Waals surface area contributed by atoms with Gasteiger partial charge in [0.05, 0.1) is 18.7 Å². The van der Waals surface area contributed by atoms with Gasteiger partial charge in [-0.2, -0.15) is 0 Å². The molecule has 4 unspecified atom stereocenters. The number of carbonyl (C=O) groups is 4. The number of nitrogens with one attached hydrogen (secondary N) is 5. The van der Waals surface area contributed by atoms with E-state index < -0.39 is 47.9 Å². The number of nitrogens with zero attached hydrogens (tertiary/aromatic N) is 3. The van der Waals surface area contributed by atoms with Gasteiger partial charge in [-0.05, 0) is 18.8 Å². The standard InChI is InChI=1S/C23H37N11O5/c1-12(2)18(34-19(35)15(24)6-13-8-27-10-30-13)21(37)33-17(7-14-9-28-11-31-14)20(36)32-16(22(38)39)4-3-5-29-23(25)26/h8-12,15-18H,3-7,24H2,1-2H3,(H,27,30)(H,28,31)(H,32,36)(H,33,37)(H,34,35)(H,38,39)(H4,25,26,29). The van der Waals surface area contributed by atoms with E-state index in [0.717, 1.165) is 0 Å². The van der Waals surface area contributed by atoms with Crippen LogP contribution >= 0.6 is 0 Å². The van der Waals surface area contributed by atoms with Gasteiger partial charge in [-0.15, -0.1) is 0 Å². The Labute approximate surface area is 225 Å². The molecule has 0 bridgehead atoms. The Morgan fingerprint density at radius 1 is 0.923 bits per heavy atom. The van der Waals surface area contributed by atoms with Crippen LogP contribution in [0.15, 0.2) is 30.0 Å². The summed E-state index contributed by atoms with van der Waals surface area (Å²) in [5.74, 6) is -3.64. The van der Waals surface area contributed by atoms with E-state index in [4.69, 9.17) is 17.2 Å². The number of aliphatic carboxylic acids is 1. The quantitative estimate of drug-likeness (QED) is 0.0605. The Kier molecular flexibility index (Phi) is 11.9. The van der Waals surface area contributed by atoms with Crippen molar-refractivity contribution in [2.75, 3.05) is 6.54 Å². The number of hydrogen-bond acceptors (Lipinski definition) is 8. The number of carboxylic acid groups (broad SMARTS) is 1. The average molecular weight is 548 g/mol. The van der Waals surface area contributed by atoms with Crippen LogP contribution in [0.25, 0.3) is 0 Å². The first-order chi connectivity index (χ1) is 18.5. The second-order valence-corrected chi connectivity index (χ2v) is 9.31. The largest absolute Gasteiger partial charge is 0.480 e. The van der Waals surface area contributed by atoms with Crippen molar-refractivity contribution >= 4 is 29.7 Å². The van der Waals surface area contributed by atoms with Crippen LogP contribution in [0.2, 0.25) is 0 Å². The molecule has 0 aliphatic heterocycles. The van der Waals surface area contributed by atoms with E-state index in [0.29, 0.717) is 17.8 Å². The molecule has 0 radical (unpaired) electrons. The van der Waals surface area contributed by atoms with Gasteiger partial charge in [-0.3, -0.25) is 19.4 Å². The zero-order valence-electron chi connectivity index (χ0n) is 21.9. The van der Waals surface area contributed by atoms with E-state index in [9.17, 15) is 24.3 Å². The number of aromatic nitrogens is 4. The predicted octanol–water partition coefficient (Wildman–Crippen LogP) is -2.51. The molecule has 2 aromatic rings. The Hall–Kier alpha value is -4.47. The molecule has 0 fully saturated rings. The van der Waals surface area contributed by atoms with Gasteiger partial charge in [0.25, 0.3) is 0 Å². The van der Waals surface area contributed by atoms with Gasteiger partial charge in [0, 0.05) is 43.2 Å². The molecule has 2 aromatic heterocycles. The smallest absolute Gasteiger partial charge is 0.326 e. The number of imidazole rings is 2. The average Bonchev–Trinajstić information content (AvgIpc) is 3.57.